The predicted molar refractivity (Wildman–Crippen MR) is 63.3 cm³/mol. The highest BCUT2D eigenvalue weighted by Crippen LogP contribution is 2.28. The summed E-state index contributed by atoms with van der Waals surface area (Å²) >= 11 is 0. The highest BCUT2D eigenvalue weighted by molar-refractivity contribution is 5.04. The molecular formula is C13H21NO2. The molecule has 0 unspecified atom stereocenters. The molecule has 16 heavy (non-hydrogen) atoms. The van der Waals surface area contributed by atoms with E-state index in [1.807, 2.05) is 19.1 Å². The fourth-order valence-corrected chi connectivity index (χ4v) is 1.63. The first-order valence-corrected chi connectivity index (χ1v) is 6.18. The Bertz CT molecular complexity index is 305. The van der Waals surface area contributed by atoms with Crippen LogP contribution in [0.2, 0.25) is 0 Å². The van der Waals surface area contributed by atoms with Gasteiger partial charge in [0.15, 0.2) is 0 Å². The molecule has 0 aliphatic heterocycles. The van der Waals surface area contributed by atoms with Crippen LogP contribution in [0.25, 0.3) is 0 Å². The first-order chi connectivity index (χ1) is 7.84. The number of aryl methyl sites for hydroxylation is 1. The molecule has 3 nitrogen and oxygen atoms in total. The van der Waals surface area contributed by atoms with Gasteiger partial charge in [-0.3, -0.25) is 0 Å². The SMILES string of the molecule is Cc1ccc(CNCCCOCC2CC2)o1. The van der Waals surface area contributed by atoms with Crippen molar-refractivity contribution in [1.29, 1.82) is 0 Å². The molecule has 90 valence electrons. The van der Waals surface area contributed by atoms with Crippen molar-refractivity contribution in [2.75, 3.05) is 19.8 Å². The Morgan fingerprint density at radius 3 is 3.00 bits per heavy atom. The Kier molecular flexibility index (Phi) is 4.43. The van der Waals surface area contributed by atoms with E-state index in [1.165, 1.54) is 12.8 Å². The number of ether oxygens (including phenoxy) is 1. The molecule has 0 radical (unpaired) electrons. The normalized spacial score (nSPS) is 15.6. The summed E-state index contributed by atoms with van der Waals surface area (Å²) in [5.41, 5.74) is 0. The molecule has 1 aromatic rings. The average Bonchev–Trinajstić information content (AvgIpc) is 3.00. The molecule has 0 atom stereocenters. The molecule has 1 fully saturated rings. The molecule has 0 spiro atoms. The van der Waals surface area contributed by atoms with Gasteiger partial charge in [-0.2, -0.15) is 0 Å². The summed E-state index contributed by atoms with van der Waals surface area (Å²) in [7, 11) is 0. The second-order valence-corrected chi connectivity index (χ2v) is 4.56. The standard InChI is InChI=1S/C13H21NO2/c1-11-3-6-13(16-11)9-14-7-2-8-15-10-12-4-5-12/h3,6,12,14H,2,4-5,7-10H2,1H3. The van der Waals surface area contributed by atoms with Gasteiger partial charge in [-0.25, -0.2) is 0 Å². The van der Waals surface area contributed by atoms with Crippen molar-refractivity contribution in [3.05, 3.63) is 23.7 Å². The summed E-state index contributed by atoms with van der Waals surface area (Å²) in [6, 6.07) is 4.02. The van der Waals surface area contributed by atoms with Gasteiger partial charge in [-0.1, -0.05) is 0 Å². The van der Waals surface area contributed by atoms with Crippen molar-refractivity contribution in [3.63, 3.8) is 0 Å². The van der Waals surface area contributed by atoms with E-state index in [1.54, 1.807) is 0 Å². The summed E-state index contributed by atoms with van der Waals surface area (Å²) in [4.78, 5) is 0. The van der Waals surface area contributed by atoms with Crippen molar-refractivity contribution in [1.82, 2.24) is 5.32 Å². The molecular weight excluding hydrogens is 202 g/mol. The quantitative estimate of drug-likeness (QED) is 0.688. The van der Waals surface area contributed by atoms with Crippen molar-refractivity contribution in [3.8, 4) is 0 Å². The lowest BCUT2D eigenvalue weighted by Crippen LogP contribution is -2.16. The van der Waals surface area contributed by atoms with E-state index in [0.29, 0.717) is 0 Å². The topological polar surface area (TPSA) is 34.4 Å². The number of hydrogen-bond donors (Lipinski definition) is 1. The van der Waals surface area contributed by atoms with Gasteiger partial charge in [0, 0.05) is 13.2 Å². The van der Waals surface area contributed by atoms with Gasteiger partial charge in [-0.15, -0.1) is 0 Å². The van der Waals surface area contributed by atoms with Gasteiger partial charge < -0.3 is 14.5 Å². The van der Waals surface area contributed by atoms with Crippen LogP contribution in [0.3, 0.4) is 0 Å². The smallest absolute Gasteiger partial charge is 0.117 e. The summed E-state index contributed by atoms with van der Waals surface area (Å²) in [6.45, 7) is 5.62. The van der Waals surface area contributed by atoms with E-state index >= 15 is 0 Å². The number of hydrogen-bond acceptors (Lipinski definition) is 3. The van der Waals surface area contributed by atoms with Crippen molar-refractivity contribution in [2.24, 2.45) is 5.92 Å². The maximum absolute atomic E-state index is 5.55. The third kappa shape index (κ3) is 4.37. The second-order valence-electron chi connectivity index (χ2n) is 4.56. The van der Waals surface area contributed by atoms with Crippen LogP contribution in [0.15, 0.2) is 16.5 Å². The fourth-order valence-electron chi connectivity index (χ4n) is 1.63. The molecule has 1 aliphatic rings. The lowest BCUT2D eigenvalue weighted by atomic mass is 10.4. The zero-order valence-electron chi connectivity index (χ0n) is 10.00. The van der Waals surface area contributed by atoms with E-state index < -0.39 is 0 Å². The Balaban J connectivity index is 1.42. The first-order valence-electron chi connectivity index (χ1n) is 6.18. The van der Waals surface area contributed by atoms with E-state index in [9.17, 15) is 0 Å². The molecule has 0 amide bonds. The average molecular weight is 223 g/mol. The molecule has 0 aromatic carbocycles. The molecule has 1 saturated carbocycles. The third-order valence-corrected chi connectivity index (χ3v) is 2.79. The zero-order chi connectivity index (χ0) is 11.2. The third-order valence-electron chi connectivity index (χ3n) is 2.79. The van der Waals surface area contributed by atoms with Crippen molar-refractivity contribution >= 4 is 0 Å². The molecule has 0 bridgehead atoms. The van der Waals surface area contributed by atoms with Crippen LogP contribution in [-0.2, 0) is 11.3 Å². The minimum Gasteiger partial charge on any atom is -0.465 e. The van der Waals surface area contributed by atoms with Crippen LogP contribution in [0.1, 0.15) is 30.8 Å². The molecule has 2 rings (SSSR count). The van der Waals surface area contributed by atoms with Crippen LogP contribution in [0.5, 0.6) is 0 Å². The van der Waals surface area contributed by atoms with Gasteiger partial charge in [0.05, 0.1) is 6.54 Å². The summed E-state index contributed by atoms with van der Waals surface area (Å²) in [5.74, 6) is 2.86. The molecule has 3 heteroatoms. The van der Waals surface area contributed by atoms with Gasteiger partial charge in [0.1, 0.15) is 11.5 Å². The monoisotopic (exact) mass is 223 g/mol. The second kappa shape index (κ2) is 6.06. The van der Waals surface area contributed by atoms with Crippen LogP contribution in [-0.4, -0.2) is 19.8 Å². The first kappa shape index (κ1) is 11.7. The minimum absolute atomic E-state index is 0.816. The molecule has 0 saturated heterocycles. The molecule has 1 aliphatic carbocycles. The lowest BCUT2D eigenvalue weighted by Gasteiger charge is -2.04. The highest BCUT2D eigenvalue weighted by atomic mass is 16.5. The Morgan fingerprint density at radius 2 is 2.31 bits per heavy atom. The Labute approximate surface area is 97.2 Å². The predicted octanol–water partition coefficient (Wildman–Crippen LogP) is 2.49. The van der Waals surface area contributed by atoms with E-state index in [2.05, 4.69) is 5.32 Å². The summed E-state index contributed by atoms with van der Waals surface area (Å²) < 4.78 is 11.0. The van der Waals surface area contributed by atoms with Crippen LogP contribution in [0.4, 0.5) is 0 Å². The maximum atomic E-state index is 5.55. The maximum Gasteiger partial charge on any atom is 0.117 e. The van der Waals surface area contributed by atoms with Gasteiger partial charge in [0.2, 0.25) is 0 Å². The highest BCUT2D eigenvalue weighted by Gasteiger charge is 2.20. The van der Waals surface area contributed by atoms with Crippen molar-refractivity contribution in [2.45, 2.75) is 32.7 Å². The van der Waals surface area contributed by atoms with E-state index in [4.69, 9.17) is 9.15 Å². The lowest BCUT2D eigenvalue weighted by molar-refractivity contribution is 0.122. The Hall–Kier alpha value is -0.800. The minimum atomic E-state index is 0.816. The Morgan fingerprint density at radius 1 is 1.44 bits per heavy atom. The van der Waals surface area contributed by atoms with Gasteiger partial charge >= 0.3 is 0 Å². The largest absolute Gasteiger partial charge is 0.465 e. The van der Waals surface area contributed by atoms with Crippen LogP contribution >= 0.6 is 0 Å². The van der Waals surface area contributed by atoms with Gasteiger partial charge in [-0.05, 0) is 50.8 Å². The number of nitrogens with one attached hydrogen (secondary N) is 1. The van der Waals surface area contributed by atoms with Crippen LogP contribution in [0, 0.1) is 12.8 Å². The fraction of sp³-hybridized carbons (Fsp3) is 0.692. The van der Waals surface area contributed by atoms with E-state index in [-0.39, 0.29) is 0 Å². The molecule has 1 N–H and O–H groups in total. The number of rotatable bonds is 8. The molecule has 1 aromatic heterocycles. The van der Waals surface area contributed by atoms with E-state index in [0.717, 1.165) is 50.2 Å². The summed E-state index contributed by atoms with van der Waals surface area (Å²) in [6.07, 6.45) is 3.82. The van der Waals surface area contributed by atoms with Gasteiger partial charge in [0.25, 0.3) is 0 Å². The van der Waals surface area contributed by atoms with Crippen molar-refractivity contribution < 1.29 is 9.15 Å². The number of furan rings is 1. The molecule has 1 heterocycles. The summed E-state index contributed by atoms with van der Waals surface area (Å²) in [5, 5.41) is 3.35. The van der Waals surface area contributed by atoms with Crippen LogP contribution < -0.4 is 5.32 Å². The zero-order valence-corrected chi connectivity index (χ0v) is 10.00.